The van der Waals surface area contributed by atoms with Gasteiger partial charge in [-0.25, -0.2) is 0 Å². The van der Waals surface area contributed by atoms with E-state index in [1.807, 2.05) is 37.1 Å². The molecule has 0 aliphatic carbocycles. The Labute approximate surface area is 402 Å². The minimum Gasteiger partial charge on any atom is -0.507 e. The normalized spacial score (nSPS) is 29.4. The van der Waals surface area contributed by atoms with Gasteiger partial charge in [0, 0.05) is 80.8 Å². The second-order valence-corrected chi connectivity index (χ2v) is 18.9. The molecule has 0 spiro atoms. The zero-order chi connectivity index (χ0) is 50.8. The number of hydrogen-bond acceptors (Lipinski definition) is 16. The van der Waals surface area contributed by atoms with Crippen molar-refractivity contribution >= 4 is 40.3 Å². The largest absolute Gasteiger partial charge is 0.507 e. The number of methoxy groups -OCH3 is 1. The lowest BCUT2D eigenvalue weighted by Gasteiger charge is -2.43. The van der Waals surface area contributed by atoms with Crippen LogP contribution >= 0.6 is 0 Å². The number of carbonyl (C=O) groups is 3. The lowest BCUT2D eigenvalue weighted by atomic mass is 9.78. The number of fused-ring (bicyclic) bond motifs is 14. The molecule has 3 aromatic rings. The number of phenolic OH excluding ortho intramolecular Hbond substituents is 3. The standard InChI is InChI=1S/C52H65N5O12/c1-26-15-14-16-27(2)51(65)55-42-37(22-54-57-28(3)23-56(24-29(57)4)25-36-18-13-12-17-35(36)21-53)46(62)39-40(47(42)63)45(61)33(8)49-41(39)50(64)52(10,69-49)67-20-19-38(66-11)30(5)48(68-34(9)58)32(7)44(60)31(6)43(26)59/h12-20,22,26,28-32,38,43-44,48,59-63H,23-25H2,1-11H3,(H,55,65)/b15-14?,20-19?,27-16?,54-22+. The summed E-state index contributed by atoms with van der Waals surface area (Å²) in [5, 5.41) is 77.8. The molecule has 5 bridgehead atoms. The number of hydrogen-bond donors (Lipinski definition) is 6. The van der Waals surface area contributed by atoms with Gasteiger partial charge < -0.3 is 49.8 Å². The Morgan fingerprint density at radius 2 is 1.62 bits per heavy atom. The lowest BCUT2D eigenvalue weighted by molar-refractivity contribution is -0.160. The average Bonchev–Trinajstić information content (AvgIpc) is 3.57. The van der Waals surface area contributed by atoms with Gasteiger partial charge in [-0.15, -0.1) is 0 Å². The molecule has 17 heteroatoms. The van der Waals surface area contributed by atoms with Crippen LogP contribution in [0.4, 0.5) is 5.69 Å². The number of aliphatic hydroxyl groups excluding tert-OH is 2. The van der Waals surface area contributed by atoms with Gasteiger partial charge in [-0.05, 0) is 45.4 Å². The molecule has 0 radical (unpaired) electrons. The molecule has 17 nitrogen and oxygen atoms in total. The first-order chi connectivity index (χ1) is 32.6. The summed E-state index contributed by atoms with van der Waals surface area (Å²) < 4.78 is 23.8. The molecule has 7 rings (SSSR count). The van der Waals surface area contributed by atoms with E-state index in [9.17, 15) is 45.2 Å². The number of piperazine rings is 1. The monoisotopic (exact) mass is 951 g/mol. The van der Waals surface area contributed by atoms with E-state index in [2.05, 4.69) is 16.3 Å². The van der Waals surface area contributed by atoms with E-state index in [1.165, 1.54) is 59.4 Å². The van der Waals surface area contributed by atoms with Crippen molar-refractivity contribution < 1.29 is 58.9 Å². The maximum absolute atomic E-state index is 14.7. The lowest BCUT2D eigenvalue weighted by Crippen LogP contribution is -2.54. The third-order valence-electron chi connectivity index (χ3n) is 13.8. The number of aliphatic hydroxyl groups is 2. The molecule has 4 heterocycles. The number of nitrogens with zero attached hydrogens (tertiary/aromatic N) is 4. The van der Waals surface area contributed by atoms with Crippen LogP contribution in [0, 0.1) is 41.9 Å². The summed E-state index contributed by atoms with van der Waals surface area (Å²) in [6, 6.07) is 9.29. The van der Waals surface area contributed by atoms with Crippen LogP contribution in [0.25, 0.3) is 10.8 Å². The predicted molar refractivity (Wildman–Crippen MR) is 259 cm³/mol. The third-order valence-corrected chi connectivity index (χ3v) is 13.8. The summed E-state index contributed by atoms with van der Waals surface area (Å²) in [6.45, 7) is 18.1. The number of carbonyl (C=O) groups excluding carboxylic acids is 3. The summed E-state index contributed by atoms with van der Waals surface area (Å²) >= 11 is 0. The Balaban J connectivity index is 1.48. The van der Waals surface area contributed by atoms with E-state index >= 15 is 0 Å². The molecule has 6 N–H and O–H groups in total. The summed E-state index contributed by atoms with van der Waals surface area (Å²) in [5.41, 5.74) is 0.978. The molecule has 3 aromatic carbocycles. The number of Topliss-reactive ketones (excluding diaryl/α,β-unsaturated/α-hetero) is 1. The van der Waals surface area contributed by atoms with E-state index in [1.54, 1.807) is 45.9 Å². The van der Waals surface area contributed by atoms with E-state index in [0.29, 0.717) is 25.2 Å². The molecule has 1 saturated heterocycles. The molecule has 0 aromatic heterocycles. The molecule has 69 heavy (non-hydrogen) atoms. The molecule has 4 aliphatic rings. The van der Waals surface area contributed by atoms with Gasteiger partial charge in [-0.2, -0.15) is 10.4 Å². The molecule has 370 valence electrons. The van der Waals surface area contributed by atoms with Gasteiger partial charge in [0.1, 0.15) is 23.4 Å². The molecule has 0 saturated carbocycles. The van der Waals surface area contributed by atoms with Gasteiger partial charge in [0.25, 0.3) is 11.7 Å². The smallest absolute Gasteiger partial charge is 0.312 e. The van der Waals surface area contributed by atoms with Gasteiger partial charge >= 0.3 is 11.8 Å². The van der Waals surface area contributed by atoms with Gasteiger partial charge in [-0.3, -0.25) is 24.3 Å². The van der Waals surface area contributed by atoms with Crippen molar-refractivity contribution in [3.05, 3.63) is 88.2 Å². The molecule has 1 amide bonds. The molecule has 1 fully saturated rings. The van der Waals surface area contributed by atoms with Gasteiger partial charge in [-0.1, -0.05) is 64.1 Å². The van der Waals surface area contributed by atoms with Crippen molar-refractivity contribution in [3.8, 4) is 29.1 Å². The van der Waals surface area contributed by atoms with Crippen LogP contribution in [0.15, 0.2) is 65.5 Å². The van der Waals surface area contributed by atoms with Crippen LogP contribution < -0.4 is 10.1 Å². The van der Waals surface area contributed by atoms with Crippen LogP contribution in [-0.2, 0) is 30.3 Å². The number of esters is 1. The Hall–Kier alpha value is -6.45. The van der Waals surface area contributed by atoms with E-state index in [4.69, 9.17) is 24.0 Å². The van der Waals surface area contributed by atoms with E-state index in [0.717, 1.165) is 5.56 Å². The Morgan fingerprint density at radius 1 is 0.957 bits per heavy atom. The fraction of sp³-hybridized carbons (Fsp3) is 0.481. The van der Waals surface area contributed by atoms with E-state index < -0.39 is 88.8 Å². The number of nitriles is 1. The Kier molecular flexibility index (Phi) is 15.8. The SMILES string of the molecule is COC1C=COC2(C)Oc3c(C)c(O)c4c(O)c(c(/C=N/N5C(C)CN(Cc6ccccc6C#N)CC5C)c(O)c4c3C2=O)NC(=O)C(C)=CC=CC(C)C(O)C(C)C(O)C(C)C(OC(C)=O)C1C. The van der Waals surface area contributed by atoms with Crippen LogP contribution in [0.5, 0.6) is 23.0 Å². The number of aromatic hydroxyl groups is 3. The highest BCUT2D eigenvalue weighted by molar-refractivity contribution is 6.23. The summed E-state index contributed by atoms with van der Waals surface area (Å²) in [4.78, 5) is 43.3. The summed E-state index contributed by atoms with van der Waals surface area (Å²) in [7, 11) is 1.43. The van der Waals surface area contributed by atoms with Crippen molar-refractivity contribution in [2.24, 2.45) is 28.8 Å². The predicted octanol–water partition coefficient (Wildman–Crippen LogP) is 6.55. The van der Waals surface area contributed by atoms with Gasteiger partial charge in [0.15, 0.2) is 5.75 Å². The van der Waals surface area contributed by atoms with Crippen LogP contribution in [0.1, 0.15) is 94.9 Å². The van der Waals surface area contributed by atoms with Gasteiger partial charge in [0.2, 0.25) is 0 Å². The Bertz CT molecular complexity index is 2630. The molecule has 4 aliphatic heterocycles. The first kappa shape index (κ1) is 51.9. The van der Waals surface area contributed by atoms with Crippen molar-refractivity contribution in [2.75, 3.05) is 25.5 Å². The average molecular weight is 952 g/mol. The number of benzene rings is 3. The molecule has 11 atom stereocenters. The number of ether oxygens (including phenoxy) is 4. The summed E-state index contributed by atoms with van der Waals surface area (Å²) in [5.74, 6) is -8.67. The summed E-state index contributed by atoms with van der Waals surface area (Å²) in [6.07, 6.45) is 4.74. The highest BCUT2D eigenvalue weighted by Crippen LogP contribution is 2.55. The topological polar surface area (TPSA) is 244 Å². The minimum absolute atomic E-state index is 0.0332. The second kappa shape index (κ2) is 21.0. The van der Waals surface area contributed by atoms with Crippen LogP contribution in [0.3, 0.4) is 0 Å². The quantitative estimate of drug-likeness (QED) is 0.0664. The van der Waals surface area contributed by atoms with Crippen LogP contribution in [0.2, 0.25) is 0 Å². The number of rotatable bonds is 6. The zero-order valence-corrected chi connectivity index (χ0v) is 41.1. The number of nitrogens with one attached hydrogen (secondary N) is 1. The number of anilines is 1. The number of amides is 1. The van der Waals surface area contributed by atoms with Crippen molar-refractivity contribution in [2.45, 2.75) is 118 Å². The molecule has 11 unspecified atom stereocenters. The fourth-order valence-corrected chi connectivity index (χ4v) is 9.79. The zero-order valence-electron chi connectivity index (χ0n) is 41.1. The number of hydrazone groups is 1. The fourth-order valence-electron chi connectivity index (χ4n) is 9.79. The first-order valence-corrected chi connectivity index (χ1v) is 23.2. The number of phenols is 3. The van der Waals surface area contributed by atoms with Crippen LogP contribution in [-0.4, -0.2) is 122 Å². The molecular formula is C52H65N5O12. The van der Waals surface area contributed by atoms with Crippen molar-refractivity contribution in [1.29, 1.82) is 5.26 Å². The maximum Gasteiger partial charge on any atom is 0.312 e. The first-order valence-electron chi connectivity index (χ1n) is 23.2. The van der Waals surface area contributed by atoms with Crippen molar-refractivity contribution in [3.63, 3.8) is 0 Å². The van der Waals surface area contributed by atoms with Gasteiger partial charge in [0.05, 0.1) is 76.7 Å². The van der Waals surface area contributed by atoms with Crippen molar-refractivity contribution in [1.82, 2.24) is 9.91 Å². The second-order valence-electron chi connectivity index (χ2n) is 18.9. The maximum atomic E-state index is 14.7. The molecular weight excluding hydrogens is 887 g/mol. The van der Waals surface area contributed by atoms with E-state index in [-0.39, 0.29) is 56.6 Å². The highest BCUT2D eigenvalue weighted by Gasteiger charge is 2.50. The minimum atomic E-state index is -2.09. The number of ketones is 1. The highest BCUT2D eigenvalue weighted by atomic mass is 16.7. The Morgan fingerprint density at radius 3 is 2.26 bits per heavy atom. The number of allylic oxidation sites excluding steroid dienone is 2. The third kappa shape index (κ3) is 10.3.